The molecule has 9 heteroatoms. The van der Waals surface area contributed by atoms with Gasteiger partial charge in [0.25, 0.3) is 0 Å². The first-order valence-corrected chi connectivity index (χ1v) is 8.68. The van der Waals surface area contributed by atoms with E-state index in [-0.39, 0.29) is 24.4 Å². The normalized spacial score (nSPS) is 20.7. The molecule has 1 atom stereocenters. The summed E-state index contributed by atoms with van der Waals surface area (Å²) in [5.41, 5.74) is 7.40. The maximum atomic E-state index is 14.9. The number of ether oxygens (including phenoxy) is 2. The maximum absolute atomic E-state index is 14.9. The molecule has 0 radical (unpaired) electrons. The second-order valence-corrected chi connectivity index (χ2v) is 7.76. The SMILES string of the molecule is CC(C)(C)OC(=O)C1(c2ccc(N3C(=O)OC[C@H]3CN=[N+]=[N-])cc2F)CC1. The summed E-state index contributed by atoms with van der Waals surface area (Å²) in [4.78, 5) is 28.5. The summed E-state index contributed by atoms with van der Waals surface area (Å²) in [5.74, 6) is -1.03. The van der Waals surface area contributed by atoms with Crippen LogP contribution in [0.1, 0.15) is 39.2 Å². The van der Waals surface area contributed by atoms with Crippen LogP contribution in [-0.2, 0) is 19.7 Å². The zero-order valence-corrected chi connectivity index (χ0v) is 15.4. The Morgan fingerprint density at radius 2 is 2.19 bits per heavy atom. The molecule has 1 saturated heterocycles. The Morgan fingerprint density at radius 1 is 1.48 bits per heavy atom. The van der Waals surface area contributed by atoms with Crippen LogP contribution >= 0.6 is 0 Å². The van der Waals surface area contributed by atoms with Gasteiger partial charge in [0.05, 0.1) is 23.7 Å². The van der Waals surface area contributed by atoms with Gasteiger partial charge in [-0.25, -0.2) is 9.18 Å². The Balaban J connectivity index is 1.87. The number of esters is 1. The highest BCUT2D eigenvalue weighted by molar-refractivity contribution is 5.91. The molecular weight excluding hydrogens is 355 g/mol. The molecule has 3 rings (SSSR count). The highest BCUT2D eigenvalue weighted by atomic mass is 19.1. The van der Waals surface area contributed by atoms with Crippen LogP contribution in [0.3, 0.4) is 0 Å². The number of carbonyl (C=O) groups is 2. The van der Waals surface area contributed by atoms with Gasteiger partial charge in [0.2, 0.25) is 0 Å². The molecule has 2 aliphatic rings. The molecule has 1 aromatic rings. The highest BCUT2D eigenvalue weighted by Gasteiger charge is 2.55. The fraction of sp³-hybridized carbons (Fsp3) is 0.556. The Labute approximate surface area is 155 Å². The van der Waals surface area contributed by atoms with Gasteiger partial charge in [-0.15, -0.1) is 0 Å². The molecule has 8 nitrogen and oxygen atoms in total. The summed E-state index contributed by atoms with van der Waals surface area (Å²) in [6.45, 7) is 5.38. The van der Waals surface area contributed by atoms with E-state index in [2.05, 4.69) is 10.0 Å². The number of rotatable bonds is 5. The molecule has 1 aliphatic heterocycles. The number of amides is 1. The van der Waals surface area contributed by atoms with Crippen molar-refractivity contribution in [1.82, 2.24) is 0 Å². The molecule has 1 aliphatic carbocycles. The molecule has 0 spiro atoms. The second kappa shape index (κ2) is 6.74. The van der Waals surface area contributed by atoms with E-state index in [0.29, 0.717) is 12.8 Å². The zero-order valence-electron chi connectivity index (χ0n) is 15.4. The van der Waals surface area contributed by atoms with Crippen LogP contribution in [-0.4, -0.2) is 36.9 Å². The largest absolute Gasteiger partial charge is 0.459 e. The van der Waals surface area contributed by atoms with Crippen LogP contribution in [0.4, 0.5) is 14.9 Å². The average Bonchev–Trinajstić information content (AvgIpc) is 3.29. The summed E-state index contributed by atoms with van der Waals surface area (Å²) in [7, 11) is 0. The number of benzene rings is 1. The quantitative estimate of drug-likeness (QED) is 0.337. The van der Waals surface area contributed by atoms with Crippen molar-refractivity contribution in [3.05, 3.63) is 40.0 Å². The van der Waals surface area contributed by atoms with Gasteiger partial charge in [-0.3, -0.25) is 9.69 Å². The number of halogens is 1. The molecule has 0 unspecified atom stereocenters. The molecule has 1 heterocycles. The molecular formula is C18H21FN4O4. The minimum Gasteiger partial charge on any atom is -0.459 e. The van der Waals surface area contributed by atoms with Gasteiger partial charge in [-0.2, -0.15) is 0 Å². The predicted molar refractivity (Wildman–Crippen MR) is 94.8 cm³/mol. The third-order valence-corrected chi connectivity index (χ3v) is 4.60. The van der Waals surface area contributed by atoms with Crippen molar-refractivity contribution in [2.75, 3.05) is 18.1 Å². The van der Waals surface area contributed by atoms with Crippen LogP contribution in [0, 0.1) is 5.82 Å². The lowest BCUT2D eigenvalue weighted by atomic mass is 9.94. The van der Waals surface area contributed by atoms with Gasteiger partial charge >= 0.3 is 12.1 Å². The summed E-state index contributed by atoms with van der Waals surface area (Å²) in [6.07, 6.45) is 0.404. The average molecular weight is 376 g/mol. The van der Waals surface area contributed by atoms with Crippen molar-refractivity contribution in [2.45, 2.75) is 50.7 Å². The van der Waals surface area contributed by atoms with Crippen molar-refractivity contribution < 1.29 is 23.5 Å². The van der Waals surface area contributed by atoms with E-state index in [1.165, 1.54) is 17.0 Å². The fourth-order valence-electron chi connectivity index (χ4n) is 3.17. The van der Waals surface area contributed by atoms with Gasteiger partial charge in [0.15, 0.2) is 0 Å². The Bertz CT molecular complexity index is 825. The topological polar surface area (TPSA) is 105 Å². The monoisotopic (exact) mass is 376 g/mol. The molecule has 0 aromatic heterocycles. The van der Waals surface area contributed by atoms with Crippen LogP contribution in [0.15, 0.2) is 23.3 Å². The summed E-state index contributed by atoms with van der Waals surface area (Å²) in [6, 6.07) is 3.78. The minimum atomic E-state index is -0.966. The molecule has 1 saturated carbocycles. The number of carbonyl (C=O) groups excluding carboxylic acids is 2. The third-order valence-electron chi connectivity index (χ3n) is 4.60. The van der Waals surface area contributed by atoms with E-state index in [0.717, 1.165) is 0 Å². The Hall–Kier alpha value is -2.80. The van der Waals surface area contributed by atoms with Crippen molar-refractivity contribution in [3.8, 4) is 0 Å². The van der Waals surface area contributed by atoms with E-state index in [4.69, 9.17) is 15.0 Å². The molecule has 0 N–H and O–H groups in total. The number of azide groups is 1. The fourth-order valence-corrected chi connectivity index (χ4v) is 3.17. The van der Waals surface area contributed by atoms with Crippen LogP contribution < -0.4 is 4.90 Å². The predicted octanol–water partition coefficient (Wildman–Crippen LogP) is 3.83. The molecule has 0 bridgehead atoms. The molecule has 1 aromatic carbocycles. The van der Waals surface area contributed by atoms with Gasteiger partial charge < -0.3 is 9.47 Å². The lowest BCUT2D eigenvalue weighted by molar-refractivity contribution is -0.158. The Morgan fingerprint density at radius 3 is 2.74 bits per heavy atom. The number of cyclic esters (lactones) is 1. The maximum Gasteiger partial charge on any atom is 0.414 e. The number of anilines is 1. The number of hydrogen-bond acceptors (Lipinski definition) is 5. The van der Waals surface area contributed by atoms with E-state index in [9.17, 15) is 14.0 Å². The highest BCUT2D eigenvalue weighted by Crippen LogP contribution is 2.51. The first-order chi connectivity index (χ1) is 12.7. The van der Waals surface area contributed by atoms with Gasteiger partial charge in [0, 0.05) is 10.5 Å². The second-order valence-electron chi connectivity index (χ2n) is 7.76. The van der Waals surface area contributed by atoms with Crippen molar-refractivity contribution in [3.63, 3.8) is 0 Å². The van der Waals surface area contributed by atoms with Crippen molar-refractivity contribution in [1.29, 1.82) is 0 Å². The summed E-state index contributed by atoms with van der Waals surface area (Å²) < 4.78 is 25.3. The standard InChI is InChI=1S/C18H21FN4O4/c1-17(2,3)27-15(24)18(6-7-18)13-5-4-11(8-14(13)19)23-12(9-21-22-20)10-26-16(23)25/h4-5,8,12H,6-7,9-10H2,1-3H3/t12-/m1/s1. The van der Waals surface area contributed by atoms with Gasteiger partial charge in [-0.05, 0) is 51.3 Å². The van der Waals surface area contributed by atoms with Gasteiger partial charge in [-0.1, -0.05) is 11.2 Å². The van der Waals surface area contributed by atoms with E-state index in [1.54, 1.807) is 26.8 Å². The van der Waals surface area contributed by atoms with E-state index in [1.807, 2.05) is 0 Å². The minimum absolute atomic E-state index is 0.0213. The first-order valence-electron chi connectivity index (χ1n) is 8.68. The molecule has 144 valence electrons. The first kappa shape index (κ1) is 19.0. The van der Waals surface area contributed by atoms with Crippen LogP contribution in [0.5, 0.6) is 0 Å². The van der Waals surface area contributed by atoms with E-state index < -0.39 is 34.9 Å². The van der Waals surface area contributed by atoms with Crippen molar-refractivity contribution >= 4 is 17.7 Å². The smallest absolute Gasteiger partial charge is 0.414 e. The molecule has 2 fully saturated rings. The van der Waals surface area contributed by atoms with Crippen LogP contribution in [0.25, 0.3) is 10.4 Å². The zero-order chi connectivity index (χ0) is 19.8. The third kappa shape index (κ3) is 3.68. The van der Waals surface area contributed by atoms with Gasteiger partial charge in [0.1, 0.15) is 18.0 Å². The summed E-state index contributed by atoms with van der Waals surface area (Å²) >= 11 is 0. The lowest BCUT2D eigenvalue weighted by Crippen LogP contribution is -2.36. The molecule has 1 amide bonds. The Kier molecular flexibility index (Phi) is 4.73. The van der Waals surface area contributed by atoms with E-state index >= 15 is 0 Å². The van der Waals surface area contributed by atoms with Crippen molar-refractivity contribution in [2.24, 2.45) is 5.11 Å². The van der Waals surface area contributed by atoms with Crippen LogP contribution in [0.2, 0.25) is 0 Å². The lowest BCUT2D eigenvalue weighted by Gasteiger charge is -2.25. The number of hydrogen-bond donors (Lipinski definition) is 0. The summed E-state index contributed by atoms with van der Waals surface area (Å²) in [5, 5.41) is 3.46. The number of nitrogens with zero attached hydrogens (tertiary/aromatic N) is 4. The molecule has 27 heavy (non-hydrogen) atoms.